The summed E-state index contributed by atoms with van der Waals surface area (Å²) in [7, 11) is 0. The second kappa shape index (κ2) is 5.96. The summed E-state index contributed by atoms with van der Waals surface area (Å²) in [5.41, 5.74) is 0. The van der Waals surface area contributed by atoms with Crippen LogP contribution in [-0.2, 0) is 4.74 Å². The fourth-order valence-corrected chi connectivity index (χ4v) is 2.54. The maximum Gasteiger partial charge on any atom is 0.374 e. The maximum absolute atomic E-state index is 11.4. The van der Waals surface area contributed by atoms with Gasteiger partial charge in [0.25, 0.3) is 0 Å². The molecule has 4 nitrogen and oxygen atoms in total. The van der Waals surface area contributed by atoms with E-state index in [1.165, 1.54) is 17.8 Å². The summed E-state index contributed by atoms with van der Waals surface area (Å²) >= 11 is 1.97. The SMILES string of the molecule is O=C(OCCN1CCSCC1)c1ccco1. The largest absolute Gasteiger partial charge is 0.458 e. The Morgan fingerprint density at radius 3 is 3.00 bits per heavy atom. The van der Waals surface area contributed by atoms with Crippen LogP contribution in [0.2, 0.25) is 0 Å². The van der Waals surface area contributed by atoms with Gasteiger partial charge in [-0.05, 0) is 12.1 Å². The van der Waals surface area contributed by atoms with Gasteiger partial charge in [-0.2, -0.15) is 11.8 Å². The minimum absolute atomic E-state index is 0.272. The van der Waals surface area contributed by atoms with Gasteiger partial charge in [0.2, 0.25) is 5.76 Å². The number of rotatable bonds is 4. The number of carbonyl (C=O) groups is 1. The minimum atomic E-state index is -0.378. The molecule has 1 fully saturated rings. The highest BCUT2D eigenvalue weighted by atomic mass is 32.2. The number of esters is 1. The molecule has 0 radical (unpaired) electrons. The fourth-order valence-electron chi connectivity index (χ4n) is 1.56. The molecule has 0 unspecified atom stereocenters. The lowest BCUT2D eigenvalue weighted by atomic mass is 10.4. The van der Waals surface area contributed by atoms with Crippen LogP contribution in [0.1, 0.15) is 10.6 Å². The Hall–Kier alpha value is -0.940. The second-order valence-corrected chi connectivity index (χ2v) is 4.79. The van der Waals surface area contributed by atoms with Crippen LogP contribution in [0, 0.1) is 0 Å². The molecule has 0 aliphatic carbocycles. The Morgan fingerprint density at radius 2 is 2.31 bits per heavy atom. The average Bonchev–Trinajstić information content (AvgIpc) is 2.84. The lowest BCUT2D eigenvalue weighted by Gasteiger charge is -2.25. The van der Waals surface area contributed by atoms with Crippen molar-refractivity contribution >= 4 is 17.7 Å². The minimum Gasteiger partial charge on any atom is -0.458 e. The van der Waals surface area contributed by atoms with Crippen molar-refractivity contribution in [1.82, 2.24) is 4.90 Å². The number of furan rings is 1. The zero-order valence-electron chi connectivity index (χ0n) is 9.05. The van der Waals surface area contributed by atoms with Gasteiger partial charge in [0.15, 0.2) is 0 Å². The van der Waals surface area contributed by atoms with Crippen molar-refractivity contribution in [2.75, 3.05) is 37.7 Å². The number of thioether (sulfide) groups is 1. The van der Waals surface area contributed by atoms with Gasteiger partial charge in [0, 0.05) is 31.1 Å². The molecule has 0 amide bonds. The van der Waals surface area contributed by atoms with E-state index in [0.717, 1.165) is 19.6 Å². The van der Waals surface area contributed by atoms with Gasteiger partial charge in [-0.3, -0.25) is 4.90 Å². The third-order valence-corrected chi connectivity index (χ3v) is 3.41. The van der Waals surface area contributed by atoms with Crippen LogP contribution >= 0.6 is 11.8 Å². The Balaban J connectivity index is 1.66. The van der Waals surface area contributed by atoms with Crippen LogP contribution < -0.4 is 0 Å². The van der Waals surface area contributed by atoms with E-state index in [1.54, 1.807) is 12.1 Å². The smallest absolute Gasteiger partial charge is 0.374 e. The molecule has 5 heteroatoms. The molecule has 1 aliphatic heterocycles. The van der Waals surface area contributed by atoms with Gasteiger partial charge >= 0.3 is 5.97 Å². The molecule has 0 bridgehead atoms. The summed E-state index contributed by atoms with van der Waals surface area (Å²) in [6.45, 7) is 3.42. The zero-order chi connectivity index (χ0) is 11.2. The predicted molar refractivity (Wildman–Crippen MR) is 62.8 cm³/mol. The second-order valence-electron chi connectivity index (χ2n) is 3.57. The quantitative estimate of drug-likeness (QED) is 0.747. The first-order valence-corrected chi connectivity index (χ1v) is 6.52. The Labute approximate surface area is 98.9 Å². The van der Waals surface area contributed by atoms with Crippen LogP contribution in [0.3, 0.4) is 0 Å². The highest BCUT2D eigenvalue weighted by Gasteiger charge is 2.13. The van der Waals surface area contributed by atoms with Crippen LogP contribution in [0.25, 0.3) is 0 Å². The van der Waals surface area contributed by atoms with Crippen molar-refractivity contribution in [3.05, 3.63) is 24.2 Å². The van der Waals surface area contributed by atoms with E-state index in [4.69, 9.17) is 9.15 Å². The summed E-state index contributed by atoms with van der Waals surface area (Å²) in [4.78, 5) is 13.7. The molecule has 1 aromatic rings. The third-order valence-electron chi connectivity index (χ3n) is 2.47. The van der Waals surface area contributed by atoms with Gasteiger partial charge in [-0.15, -0.1) is 0 Å². The van der Waals surface area contributed by atoms with E-state index in [-0.39, 0.29) is 11.7 Å². The molecule has 88 valence electrons. The van der Waals surface area contributed by atoms with Crippen molar-refractivity contribution in [3.63, 3.8) is 0 Å². The summed E-state index contributed by atoms with van der Waals surface area (Å²) in [5, 5.41) is 0. The molecular formula is C11H15NO3S. The van der Waals surface area contributed by atoms with E-state index >= 15 is 0 Å². The Morgan fingerprint density at radius 1 is 1.50 bits per heavy atom. The number of hydrogen-bond donors (Lipinski definition) is 0. The molecular weight excluding hydrogens is 226 g/mol. The predicted octanol–water partition coefficient (Wildman–Crippen LogP) is 1.49. The molecule has 2 heterocycles. The summed E-state index contributed by atoms with van der Waals surface area (Å²) in [6, 6.07) is 3.29. The molecule has 2 rings (SSSR count). The molecule has 0 saturated carbocycles. The number of hydrogen-bond acceptors (Lipinski definition) is 5. The molecule has 16 heavy (non-hydrogen) atoms. The number of nitrogens with zero attached hydrogens (tertiary/aromatic N) is 1. The van der Waals surface area contributed by atoms with Gasteiger partial charge in [-0.25, -0.2) is 4.79 Å². The van der Waals surface area contributed by atoms with Crippen molar-refractivity contribution in [1.29, 1.82) is 0 Å². The van der Waals surface area contributed by atoms with Crippen molar-refractivity contribution in [2.24, 2.45) is 0 Å². The van der Waals surface area contributed by atoms with E-state index in [9.17, 15) is 4.79 Å². The maximum atomic E-state index is 11.4. The van der Waals surface area contributed by atoms with E-state index < -0.39 is 0 Å². The molecule has 1 saturated heterocycles. The van der Waals surface area contributed by atoms with Crippen molar-refractivity contribution < 1.29 is 13.9 Å². The van der Waals surface area contributed by atoms with E-state index in [0.29, 0.717) is 6.61 Å². The highest BCUT2D eigenvalue weighted by Crippen LogP contribution is 2.08. The van der Waals surface area contributed by atoms with Gasteiger partial charge < -0.3 is 9.15 Å². The molecule has 1 aliphatic rings. The third kappa shape index (κ3) is 3.28. The normalized spacial score (nSPS) is 17.2. The molecule has 1 aromatic heterocycles. The van der Waals surface area contributed by atoms with Gasteiger partial charge in [-0.1, -0.05) is 0 Å². The zero-order valence-corrected chi connectivity index (χ0v) is 9.87. The average molecular weight is 241 g/mol. The first-order chi connectivity index (χ1) is 7.86. The van der Waals surface area contributed by atoms with Crippen LogP contribution in [0.5, 0.6) is 0 Å². The van der Waals surface area contributed by atoms with Crippen LogP contribution in [0.15, 0.2) is 22.8 Å². The Bertz CT molecular complexity index is 320. The summed E-state index contributed by atoms with van der Waals surface area (Å²) in [6.07, 6.45) is 1.47. The number of carbonyl (C=O) groups excluding carboxylic acids is 1. The van der Waals surface area contributed by atoms with Crippen molar-refractivity contribution in [3.8, 4) is 0 Å². The summed E-state index contributed by atoms with van der Waals surface area (Å²) < 4.78 is 10.1. The monoisotopic (exact) mass is 241 g/mol. The highest BCUT2D eigenvalue weighted by molar-refractivity contribution is 7.99. The van der Waals surface area contributed by atoms with Crippen LogP contribution in [0.4, 0.5) is 0 Å². The summed E-state index contributed by atoms with van der Waals surface area (Å²) in [5.74, 6) is 2.24. The first kappa shape index (κ1) is 11.5. The molecule has 0 aromatic carbocycles. The molecule has 0 atom stereocenters. The van der Waals surface area contributed by atoms with Gasteiger partial charge in [0.1, 0.15) is 6.61 Å². The molecule has 0 spiro atoms. The first-order valence-electron chi connectivity index (χ1n) is 5.37. The van der Waals surface area contributed by atoms with Gasteiger partial charge in [0.05, 0.1) is 6.26 Å². The lowest BCUT2D eigenvalue weighted by Crippen LogP contribution is -2.35. The topological polar surface area (TPSA) is 42.7 Å². The Kier molecular flexibility index (Phi) is 4.30. The lowest BCUT2D eigenvalue weighted by molar-refractivity contribution is 0.0431. The van der Waals surface area contributed by atoms with Crippen molar-refractivity contribution in [2.45, 2.75) is 0 Å². The van der Waals surface area contributed by atoms with Crippen LogP contribution in [-0.4, -0.2) is 48.6 Å². The standard InChI is InChI=1S/C11H15NO3S/c13-11(10-2-1-6-14-10)15-7-3-12-4-8-16-9-5-12/h1-2,6H,3-5,7-9H2. The van der Waals surface area contributed by atoms with E-state index in [2.05, 4.69) is 4.90 Å². The fraction of sp³-hybridized carbons (Fsp3) is 0.545. The number of ether oxygens (including phenoxy) is 1. The molecule has 0 N–H and O–H groups in total. The van der Waals surface area contributed by atoms with E-state index in [1.807, 2.05) is 11.8 Å².